The smallest absolute Gasteiger partial charge is 0.152 e. The molecule has 1 heterocycles. The second-order valence-corrected chi connectivity index (χ2v) is 6.40. The molecule has 0 saturated carbocycles. The number of nitrogens with two attached hydrogens (primary N) is 1. The minimum Gasteiger partial charge on any atom is -0.330 e. The van der Waals surface area contributed by atoms with Crippen molar-refractivity contribution in [3.63, 3.8) is 0 Å². The van der Waals surface area contributed by atoms with Gasteiger partial charge in [-0.05, 0) is 24.6 Å². The summed E-state index contributed by atoms with van der Waals surface area (Å²) >= 11 is 0. The number of rotatable bonds is 3. The molecule has 88 valence electrons. The quantitative estimate of drug-likeness (QED) is 0.855. The van der Waals surface area contributed by atoms with Gasteiger partial charge in [0.15, 0.2) is 9.84 Å². The highest BCUT2D eigenvalue weighted by Crippen LogP contribution is 2.40. The fraction of sp³-hybridized carbons (Fsp3) is 0.455. The monoisotopic (exact) mass is 243 g/mol. The summed E-state index contributed by atoms with van der Waals surface area (Å²) < 4.78 is 36.2. The van der Waals surface area contributed by atoms with Gasteiger partial charge in [-0.25, -0.2) is 12.8 Å². The summed E-state index contributed by atoms with van der Waals surface area (Å²) in [5.74, 6) is -0.318. The Hall–Kier alpha value is -0.940. The van der Waals surface area contributed by atoms with E-state index in [9.17, 15) is 12.8 Å². The highest BCUT2D eigenvalue weighted by molar-refractivity contribution is 7.93. The van der Waals surface area contributed by atoms with Crippen LogP contribution in [0.1, 0.15) is 12.0 Å². The zero-order valence-electron chi connectivity index (χ0n) is 8.82. The Bertz CT molecular complexity index is 486. The van der Waals surface area contributed by atoms with Crippen LogP contribution < -0.4 is 5.73 Å². The average Bonchev–Trinajstić information content (AvgIpc) is 2.15. The van der Waals surface area contributed by atoms with E-state index in [0.29, 0.717) is 18.5 Å². The van der Waals surface area contributed by atoms with Crippen LogP contribution in [0.15, 0.2) is 24.3 Å². The van der Waals surface area contributed by atoms with Crippen LogP contribution in [0, 0.1) is 5.82 Å². The van der Waals surface area contributed by atoms with E-state index >= 15 is 0 Å². The van der Waals surface area contributed by atoms with Gasteiger partial charge in [0.2, 0.25) is 0 Å². The van der Waals surface area contributed by atoms with E-state index in [4.69, 9.17) is 5.73 Å². The maximum Gasteiger partial charge on any atom is 0.152 e. The van der Waals surface area contributed by atoms with E-state index in [1.807, 2.05) is 0 Å². The van der Waals surface area contributed by atoms with Crippen LogP contribution in [0.25, 0.3) is 0 Å². The summed E-state index contributed by atoms with van der Waals surface area (Å²) in [7, 11) is -3.00. The Morgan fingerprint density at radius 2 is 1.94 bits per heavy atom. The Morgan fingerprint density at radius 3 is 2.44 bits per heavy atom. The molecule has 3 nitrogen and oxygen atoms in total. The Kier molecular flexibility index (Phi) is 2.75. The lowest BCUT2D eigenvalue weighted by molar-refractivity contribution is 0.414. The van der Waals surface area contributed by atoms with Gasteiger partial charge in [0, 0.05) is 5.41 Å². The van der Waals surface area contributed by atoms with E-state index in [1.54, 1.807) is 18.2 Å². The van der Waals surface area contributed by atoms with E-state index in [0.717, 1.165) is 0 Å². The van der Waals surface area contributed by atoms with Gasteiger partial charge in [0.05, 0.1) is 11.5 Å². The maximum absolute atomic E-state index is 13.6. The molecule has 5 heteroatoms. The van der Waals surface area contributed by atoms with Crippen LogP contribution in [0.3, 0.4) is 0 Å². The molecule has 1 saturated heterocycles. The second kappa shape index (κ2) is 3.82. The van der Waals surface area contributed by atoms with E-state index in [2.05, 4.69) is 0 Å². The van der Waals surface area contributed by atoms with Gasteiger partial charge in [-0.2, -0.15) is 0 Å². The Labute approximate surface area is 94.4 Å². The predicted molar refractivity (Wildman–Crippen MR) is 60.4 cm³/mol. The lowest BCUT2D eigenvalue weighted by Gasteiger charge is -2.41. The van der Waals surface area contributed by atoms with Gasteiger partial charge in [-0.1, -0.05) is 18.2 Å². The normalized spacial score (nSPS) is 21.4. The molecule has 16 heavy (non-hydrogen) atoms. The van der Waals surface area contributed by atoms with Crippen LogP contribution in [-0.2, 0) is 15.3 Å². The molecule has 0 radical (unpaired) electrons. The average molecular weight is 243 g/mol. The first kappa shape index (κ1) is 11.5. The minimum absolute atomic E-state index is 0.0120. The van der Waals surface area contributed by atoms with Gasteiger partial charge in [-0.3, -0.25) is 0 Å². The van der Waals surface area contributed by atoms with Crippen LogP contribution in [0.5, 0.6) is 0 Å². The summed E-state index contributed by atoms with van der Waals surface area (Å²) in [5.41, 5.74) is 5.37. The van der Waals surface area contributed by atoms with Crippen molar-refractivity contribution in [3.8, 4) is 0 Å². The molecule has 0 amide bonds. The van der Waals surface area contributed by atoms with Crippen molar-refractivity contribution in [1.82, 2.24) is 0 Å². The maximum atomic E-state index is 13.6. The number of halogens is 1. The fourth-order valence-electron chi connectivity index (χ4n) is 2.40. The highest BCUT2D eigenvalue weighted by Gasteiger charge is 2.50. The molecule has 0 atom stereocenters. The van der Waals surface area contributed by atoms with Crippen molar-refractivity contribution in [1.29, 1.82) is 0 Å². The molecule has 1 fully saturated rings. The van der Waals surface area contributed by atoms with Crippen LogP contribution in [0.2, 0.25) is 0 Å². The molecule has 0 unspecified atom stereocenters. The summed E-state index contributed by atoms with van der Waals surface area (Å²) in [5, 5.41) is 0. The third-order valence-electron chi connectivity index (χ3n) is 3.06. The minimum atomic E-state index is -3.00. The molecule has 0 spiro atoms. The van der Waals surface area contributed by atoms with Crippen molar-refractivity contribution in [2.75, 3.05) is 18.1 Å². The van der Waals surface area contributed by atoms with Gasteiger partial charge < -0.3 is 5.73 Å². The summed E-state index contributed by atoms with van der Waals surface area (Å²) in [6.45, 7) is 0.365. The first-order valence-corrected chi connectivity index (χ1v) is 6.97. The zero-order valence-corrected chi connectivity index (χ0v) is 9.63. The summed E-state index contributed by atoms with van der Waals surface area (Å²) in [6.07, 6.45) is 0.507. The molecule has 0 aliphatic carbocycles. The predicted octanol–water partition coefficient (Wildman–Crippen LogP) is 0.841. The summed E-state index contributed by atoms with van der Waals surface area (Å²) in [4.78, 5) is 0. The summed E-state index contributed by atoms with van der Waals surface area (Å²) in [6, 6.07) is 6.34. The number of hydrogen-bond acceptors (Lipinski definition) is 3. The largest absolute Gasteiger partial charge is 0.330 e. The lowest BCUT2D eigenvalue weighted by atomic mass is 9.80. The molecular formula is C11H14FNO2S. The number of hydrogen-bond donors (Lipinski definition) is 1. The standard InChI is InChI=1S/C11H14FNO2S/c12-10-4-2-1-3-9(10)11(5-6-13)7-16(14,15)8-11/h1-4H,5-8,13H2. The first-order chi connectivity index (χ1) is 7.49. The molecular weight excluding hydrogens is 229 g/mol. The van der Waals surface area contributed by atoms with Gasteiger partial charge in [0.1, 0.15) is 5.82 Å². The van der Waals surface area contributed by atoms with Gasteiger partial charge >= 0.3 is 0 Å². The van der Waals surface area contributed by atoms with Crippen LogP contribution in [0.4, 0.5) is 4.39 Å². The van der Waals surface area contributed by atoms with E-state index in [-0.39, 0.29) is 17.3 Å². The lowest BCUT2D eigenvalue weighted by Crippen LogP contribution is -2.53. The number of benzene rings is 1. The van der Waals surface area contributed by atoms with Crippen LogP contribution >= 0.6 is 0 Å². The van der Waals surface area contributed by atoms with Crippen molar-refractivity contribution < 1.29 is 12.8 Å². The molecule has 2 rings (SSSR count). The SMILES string of the molecule is NCCC1(c2ccccc2F)CS(=O)(=O)C1. The molecule has 1 aliphatic heterocycles. The van der Waals surface area contributed by atoms with Gasteiger partial charge in [-0.15, -0.1) is 0 Å². The molecule has 2 N–H and O–H groups in total. The van der Waals surface area contributed by atoms with Crippen LogP contribution in [-0.4, -0.2) is 26.5 Å². The Morgan fingerprint density at radius 1 is 1.31 bits per heavy atom. The topological polar surface area (TPSA) is 60.2 Å². The molecule has 0 aromatic heterocycles. The molecule has 1 aromatic rings. The first-order valence-electron chi connectivity index (χ1n) is 5.15. The molecule has 1 aliphatic rings. The van der Waals surface area contributed by atoms with Crippen molar-refractivity contribution >= 4 is 9.84 Å². The molecule has 1 aromatic carbocycles. The highest BCUT2D eigenvalue weighted by atomic mass is 32.2. The van der Waals surface area contributed by atoms with Crippen molar-refractivity contribution in [2.45, 2.75) is 11.8 Å². The fourth-order valence-corrected chi connectivity index (χ4v) is 4.60. The third-order valence-corrected chi connectivity index (χ3v) is 5.05. The van der Waals surface area contributed by atoms with Gasteiger partial charge in [0.25, 0.3) is 0 Å². The Balaban J connectivity index is 2.39. The number of sulfone groups is 1. The van der Waals surface area contributed by atoms with E-state index in [1.165, 1.54) is 6.07 Å². The van der Waals surface area contributed by atoms with Crippen molar-refractivity contribution in [2.24, 2.45) is 5.73 Å². The van der Waals surface area contributed by atoms with Crippen molar-refractivity contribution in [3.05, 3.63) is 35.6 Å². The third kappa shape index (κ3) is 1.85. The zero-order chi connectivity index (χ0) is 11.8. The molecule has 0 bridgehead atoms. The van der Waals surface area contributed by atoms with E-state index < -0.39 is 15.3 Å². The second-order valence-electron chi connectivity index (χ2n) is 4.33.